The molecule has 0 saturated heterocycles. The van der Waals surface area contributed by atoms with Gasteiger partial charge in [0.2, 0.25) is 5.91 Å². The molecule has 0 bridgehead atoms. The number of amides is 1. The fourth-order valence-electron chi connectivity index (χ4n) is 7.05. The number of nitrogens with one attached hydrogen (secondary N) is 1. The third kappa shape index (κ3) is 35.7. The highest BCUT2D eigenvalue weighted by molar-refractivity contribution is 7.85. The molecule has 0 rings (SSSR count). The first-order valence-corrected chi connectivity index (χ1v) is 23.4. The van der Waals surface area contributed by atoms with Gasteiger partial charge in [0, 0.05) is 0 Å². The topological polar surface area (TPSA) is 124 Å². The standard InChI is InChI=1S/C42H85NO6S/c1-3-5-7-9-11-13-15-17-19-20-21-22-23-25-26-28-30-32-34-36-40(44)39(38-50(47,48)49)43-42(46)41(45)37-35-33-31-29-27-24-18-16-14-12-10-8-6-4-2/h39-41,44-45H,3-38H2,1-2H3,(H,43,46)(H,47,48,49). The van der Waals surface area contributed by atoms with Crippen molar-refractivity contribution in [3.63, 3.8) is 0 Å². The molecule has 8 heteroatoms. The van der Waals surface area contributed by atoms with Crippen LogP contribution in [0.25, 0.3) is 0 Å². The van der Waals surface area contributed by atoms with Gasteiger partial charge >= 0.3 is 0 Å². The molecule has 7 nitrogen and oxygen atoms in total. The molecule has 0 aliphatic heterocycles. The summed E-state index contributed by atoms with van der Waals surface area (Å²) in [6.45, 7) is 4.52. The van der Waals surface area contributed by atoms with Gasteiger partial charge in [0.1, 0.15) is 6.10 Å². The van der Waals surface area contributed by atoms with E-state index in [1.54, 1.807) is 0 Å². The summed E-state index contributed by atoms with van der Waals surface area (Å²) >= 11 is 0. The van der Waals surface area contributed by atoms with Gasteiger partial charge in [0.25, 0.3) is 10.1 Å². The van der Waals surface area contributed by atoms with Crippen LogP contribution in [0.2, 0.25) is 0 Å². The number of unbranched alkanes of at least 4 members (excludes halogenated alkanes) is 31. The second kappa shape index (κ2) is 36.6. The predicted molar refractivity (Wildman–Crippen MR) is 213 cm³/mol. The first-order valence-electron chi connectivity index (χ1n) is 21.8. The third-order valence-electron chi connectivity index (χ3n) is 10.4. The van der Waals surface area contributed by atoms with Gasteiger partial charge in [0.15, 0.2) is 0 Å². The molecule has 0 aromatic heterocycles. The SMILES string of the molecule is CCCCCCCCCCCCCCCCCCCCCC(O)C(CS(=O)(=O)O)NC(=O)C(O)CCCCCCCCCCCCCCCC. The minimum atomic E-state index is -4.40. The Bertz CT molecular complexity index is 823. The van der Waals surface area contributed by atoms with E-state index >= 15 is 0 Å². The van der Waals surface area contributed by atoms with Crippen LogP contribution in [0.4, 0.5) is 0 Å². The summed E-state index contributed by atoms with van der Waals surface area (Å²) in [4.78, 5) is 12.6. The summed E-state index contributed by atoms with van der Waals surface area (Å²) in [6.07, 6.45) is 39.8. The molecule has 50 heavy (non-hydrogen) atoms. The van der Waals surface area contributed by atoms with Crippen molar-refractivity contribution in [2.75, 3.05) is 5.75 Å². The highest BCUT2D eigenvalue weighted by Gasteiger charge is 2.28. The monoisotopic (exact) mass is 732 g/mol. The van der Waals surface area contributed by atoms with Crippen LogP contribution in [0.1, 0.15) is 239 Å². The molecule has 0 aliphatic carbocycles. The quantitative estimate of drug-likeness (QED) is 0.0367. The molecule has 0 aliphatic rings. The fourth-order valence-corrected chi connectivity index (χ4v) is 7.81. The van der Waals surface area contributed by atoms with Crippen molar-refractivity contribution >= 4 is 16.0 Å². The summed E-state index contributed by atoms with van der Waals surface area (Å²) in [6, 6.07) is -1.14. The Kier molecular flexibility index (Phi) is 36.1. The molecule has 0 radical (unpaired) electrons. The third-order valence-corrected chi connectivity index (χ3v) is 11.2. The summed E-state index contributed by atoms with van der Waals surface area (Å²) in [5.41, 5.74) is 0. The normalized spacial score (nSPS) is 13.8. The molecule has 3 unspecified atom stereocenters. The van der Waals surface area contributed by atoms with Crippen LogP contribution < -0.4 is 5.32 Å². The molecular formula is C42H85NO6S. The number of aliphatic hydroxyl groups excluding tert-OH is 2. The van der Waals surface area contributed by atoms with Gasteiger partial charge in [-0.05, 0) is 12.8 Å². The van der Waals surface area contributed by atoms with E-state index in [2.05, 4.69) is 19.2 Å². The Morgan fingerprint density at radius 1 is 0.460 bits per heavy atom. The zero-order chi connectivity index (χ0) is 37.0. The molecule has 0 aromatic carbocycles. The molecule has 0 fully saturated rings. The summed E-state index contributed by atoms with van der Waals surface area (Å²) in [5.74, 6) is -1.44. The van der Waals surface area contributed by atoms with E-state index in [1.165, 1.54) is 167 Å². The number of hydrogen-bond donors (Lipinski definition) is 4. The average molecular weight is 732 g/mol. The molecule has 0 spiro atoms. The average Bonchev–Trinajstić information content (AvgIpc) is 3.08. The first-order chi connectivity index (χ1) is 24.2. The summed E-state index contributed by atoms with van der Waals surface area (Å²) in [5, 5.41) is 23.6. The molecule has 1 amide bonds. The van der Waals surface area contributed by atoms with Gasteiger partial charge < -0.3 is 15.5 Å². The number of carbonyl (C=O) groups is 1. The van der Waals surface area contributed by atoms with Gasteiger partial charge in [-0.25, -0.2) is 0 Å². The van der Waals surface area contributed by atoms with E-state index in [1.807, 2.05) is 0 Å². The van der Waals surface area contributed by atoms with Crippen LogP contribution in [0.15, 0.2) is 0 Å². The van der Waals surface area contributed by atoms with Crippen LogP contribution in [-0.4, -0.2) is 53.1 Å². The van der Waals surface area contributed by atoms with E-state index < -0.39 is 40.0 Å². The lowest BCUT2D eigenvalue weighted by Gasteiger charge is -2.24. The molecule has 3 atom stereocenters. The Balaban J connectivity index is 3.90. The lowest BCUT2D eigenvalue weighted by molar-refractivity contribution is -0.131. The van der Waals surface area contributed by atoms with E-state index in [0.29, 0.717) is 12.8 Å². The largest absolute Gasteiger partial charge is 0.391 e. The van der Waals surface area contributed by atoms with Crippen LogP contribution in [0.3, 0.4) is 0 Å². The summed E-state index contributed by atoms with van der Waals surface area (Å²) in [7, 11) is -4.40. The Morgan fingerprint density at radius 2 is 0.720 bits per heavy atom. The summed E-state index contributed by atoms with van der Waals surface area (Å²) < 4.78 is 32.6. The van der Waals surface area contributed by atoms with Crippen molar-refractivity contribution in [2.24, 2.45) is 0 Å². The highest BCUT2D eigenvalue weighted by Crippen LogP contribution is 2.17. The number of carbonyl (C=O) groups excluding carboxylic acids is 1. The van der Waals surface area contributed by atoms with Crippen LogP contribution >= 0.6 is 0 Å². The molecular weight excluding hydrogens is 647 g/mol. The predicted octanol–water partition coefficient (Wildman–Crippen LogP) is 11.8. The van der Waals surface area contributed by atoms with E-state index in [4.69, 9.17) is 0 Å². The van der Waals surface area contributed by atoms with Gasteiger partial charge in [-0.3, -0.25) is 9.35 Å². The number of hydrogen-bond acceptors (Lipinski definition) is 5. The fraction of sp³-hybridized carbons (Fsp3) is 0.976. The van der Waals surface area contributed by atoms with Gasteiger partial charge in [-0.2, -0.15) is 8.42 Å². The zero-order valence-electron chi connectivity index (χ0n) is 33.2. The van der Waals surface area contributed by atoms with E-state index in [9.17, 15) is 28.0 Å². The van der Waals surface area contributed by atoms with Crippen molar-refractivity contribution < 1.29 is 28.0 Å². The molecule has 0 heterocycles. The van der Waals surface area contributed by atoms with Crippen molar-refractivity contribution in [2.45, 2.75) is 257 Å². The second-order valence-corrected chi connectivity index (χ2v) is 17.0. The van der Waals surface area contributed by atoms with Crippen LogP contribution in [0.5, 0.6) is 0 Å². The smallest absolute Gasteiger partial charge is 0.266 e. The maximum atomic E-state index is 12.6. The Hall–Kier alpha value is -0.700. The maximum absolute atomic E-state index is 12.6. The van der Waals surface area contributed by atoms with Crippen molar-refractivity contribution in [3.05, 3.63) is 0 Å². The van der Waals surface area contributed by atoms with Gasteiger partial charge in [0.05, 0.1) is 17.9 Å². The molecule has 0 aromatic rings. The van der Waals surface area contributed by atoms with Crippen LogP contribution in [-0.2, 0) is 14.9 Å². The minimum Gasteiger partial charge on any atom is -0.391 e. The minimum absolute atomic E-state index is 0.303. The van der Waals surface area contributed by atoms with Crippen molar-refractivity contribution in [3.8, 4) is 0 Å². The molecule has 4 N–H and O–H groups in total. The van der Waals surface area contributed by atoms with Gasteiger partial charge in [-0.1, -0.05) is 226 Å². The zero-order valence-corrected chi connectivity index (χ0v) is 34.0. The van der Waals surface area contributed by atoms with Gasteiger partial charge in [-0.15, -0.1) is 0 Å². The first kappa shape index (κ1) is 49.3. The van der Waals surface area contributed by atoms with E-state index in [0.717, 1.165) is 44.9 Å². The Morgan fingerprint density at radius 3 is 1.00 bits per heavy atom. The van der Waals surface area contributed by atoms with Crippen molar-refractivity contribution in [1.82, 2.24) is 5.32 Å². The van der Waals surface area contributed by atoms with E-state index in [-0.39, 0.29) is 0 Å². The molecule has 300 valence electrons. The van der Waals surface area contributed by atoms with Crippen molar-refractivity contribution in [1.29, 1.82) is 0 Å². The number of rotatable bonds is 40. The second-order valence-electron chi connectivity index (χ2n) is 15.5. The van der Waals surface area contributed by atoms with Crippen LogP contribution in [0, 0.1) is 0 Å². The molecule has 0 saturated carbocycles. The lowest BCUT2D eigenvalue weighted by atomic mass is 10.0. The Labute approximate surface area is 311 Å². The highest BCUT2D eigenvalue weighted by atomic mass is 32.2. The number of aliphatic hydroxyl groups is 2. The lowest BCUT2D eigenvalue weighted by Crippen LogP contribution is -2.50. The maximum Gasteiger partial charge on any atom is 0.266 e.